The number of para-hydroxylation sites is 1. The fourth-order valence-corrected chi connectivity index (χ4v) is 2.14. The van der Waals surface area contributed by atoms with Crippen LogP contribution in [0.5, 0.6) is 0 Å². The number of imide groups is 1. The van der Waals surface area contributed by atoms with Gasteiger partial charge in [0.15, 0.2) is 0 Å². The average molecular weight is 285 g/mol. The number of carbonyl (C=O) groups is 3. The number of carbonyl (C=O) groups excluding carboxylic acids is 3. The average Bonchev–Trinajstić information content (AvgIpc) is 2.70. The molecule has 108 valence electrons. The number of hydrogen-bond acceptors (Lipinski definition) is 3. The van der Waals surface area contributed by atoms with Crippen LogP contribution in [-0.2, 0) is 9.59 Å². The first-order valence-electron chi connectivity index (χ1n) is 6.46. The number of terminal acetylenes is 1. The highest BCUT2D eigenvalue weighted by molar-refractivity contribution is 6.15. The third-order valence-corrected chi connectivity index (χ3v) is 3.17. The quantitative estimate of drug-likeness (QED) is 0.650. The van der Waals surface area contributed by atoms with Crippen LogP contribution in [0.2, 0.25) is 0 Å². The maximum Gasteiger partial charge on any atom is 0.332 e. The monoisotopic (exact) mass is 285 g/mol. The van der Waals surface area contributed by atoms with E-state index < -0.39 is 23.9 Å². The Balaban J connectivity index is 2.15. The SMILES string of the molecule is C#CCNC(=O)CN1C(=O)C(C)N(c2ccccc2)C1=O. The zero-order chi connectivity index (χ0) is 15.4. The van der Waals surface area contributed by atoms with E-state index in [9.17, 15) is 14.4 Å². The van der Waals surface area contributed by atoms with E-state index in [2.05, 4.69) is 11.2 Å². The standard InChI is InChI=1S/C15H15N3O3/c1-3-9-16-13(19)10-17-14(20)11(2)18(15(17)21)12-7-5-4-6-8-12/h1,4-8,11H,9-10H2,2H3,(H,16,19). The summed E-state index contributed by atoms with van der Waals surface area (Å²) in [6.07, 6.45) is 5.04. The highest BCUT2D eigenvalue weighted by Crippen LogP contribution is 2.25. The maximum absolute atomic E-state index is 12.3. The van der Waals surface area contributed by atoms with Crippen molar-refractivity contribution in [2.24, 2.45) is 0 Å². The number of urea groups is 1. The Morgan fingerprint density at radius 3 is 2.62 bits per heavy atom. The van der Waals surface area contributed by atoms with E-state index in [1.807, 2.05) is 6.07 Å². The fourth-order valence-electron chi connectivity index (χ4n) is 2.14. The van der Waals surface area contributed by atoms with Crippen LogP contribution < -0.4 is 10.2 Å². The van der Waals surface area contributed by atoms with Gasteiger partial charge in [-0.25, -0.2) is 4.79 Å². The lowest BCUT2D eigenvalue weighted by Crippen LogP contribution is -2.41. The van der Waals surface area contributed by atoms with Crippen molar-refractivity contribution in [2.75, 3.05) is 18.0 Å². The predicted molar refractivity (Wildman–Crippen MR) is 77.3 cm³/mol. The molecule has 2 rings (SSSR count). The Labute approximate surface area is 122 Å². The van der Waals surface area contributed by atoms with Crippen molar-refractivity contribution < 1.29 is 14.4 Å². The summed E-state index contributed by atoms with van der Waals surface area (Å²) in [5.41, 5.74) is 0.620. The van der Waals surface area contributed by atoms with Gasteiger partial charge in [-0.3, -0.25) is 19.4 Å². The number of nitrogens with zero attached hydrogens (tertiary/aromatic N) is 2. The van der Waals surface area contributed by atoms with Gasteiger partial charge in [0.2, 0.25) is 5.91 Å². The second-order valence-electron chi connectivity index (χ2n) is 4.57. The van der Waals surface area contributed by atoms with Gasteiger partial charge in [-0.2, -0.15) is 0 Å². The minimum absolute atomic E-state index is 0.0625. The topological polar surface area (TPSA) is 69.7 Å². The molecule has 1 unspecified atom stereocenters. The lowest BCUT2D eigenvalue weighted by atomic mass is 10.2. The molecule has 1 N–H and O–H groups in total. The minimum atomic E-state index is -0.639. The lowest BCUT2D eigenvalue weighted by molar-refractivity contribution is -0.131. The van der Waals surface area contributed by atoms with Crippen molar-refractivity contribution in [2.45, 2.75) is 13.0 Å². The van der Waals surface area contributed by atoms with E-state index >= 15 is 0 Å². The summed E-state index contributed by atoms with van der Waals surface area (Å²) in [6.45, 7) is 1.37. The molecule has 1 aromatic rings. The van der Waals surface area contributed by atoms with Gasteiger partial charge in [0.25, 0.3) is 5.91 Å². The predicted octanol–water partition coefficient (Wildman–Crippen LogP) is 0.593. The zero-order valence-corrected chi connectivity index (χ0v) is 11.6. The summed E-state index contributed by atoms with van der Waals surface area (Å²) in [4.78, 5) is 38.4. The van der Waals surface area contributed by atoms with E-state index in [-0.39, 0.29) is 13.1 Å². The molecule has 0 aromatic heterocycles. The van der Waals surface area contributed by atoms with Gasteiger partial charge in [0.05, 0.1) is 6.54 Å². The first-order chi connectivity index (χ1) is 10.1. The molecule has 0 radical (unpaired) electrons. The first-order valence-corrected chi connectivity index (χ1v) is 6.46. The van der Waals surface area contributed by atoms with Crippen molar-refractivity contribution in [3.05, 3.63) is 30.3 Å². The van der Waals surface area contributed by atoms with Crippen LogP contribution in [-0.4, -0.2) is 41.9 Å². The highest BCUT2D eigenvalue weighted by atomic mass is 16.2. The summed E-state index contributed by atoms with van der Waals surface area (Å²) >= 11 is 0. The molecule has 1 atom stereocenters. The van der Waals surface area contributed by atoms with E-state index in [4.69, 9.17) is 6.42 Å². The molecule has 1 heterocycles. The van der Waals surface area contributed by atoms with Gasteiger partial charge in [-0.05, 0) is 19.1 Å². The Bertz CT molecular complexity index is 606. The third kappa shape index (κ3) is 2.87. The summed E-state index contributed by atoms with van der Waals surface area (Å²) in [5, 5.41) is 2.43. The Kier molecular flexibility index (Phi) is 4.24. The molecule has 21 heavy (non-hydrogen) atoms. The van der Waals surface area contributed by atoms with Crippen LogP contribution in [0.3, 0.4) is 0 Å². The third-order valence-electron chi connectivity index (χ3n) is 3.17. The minimum Gasteiger partial charge on any atom is -0.344 e. The van der Waals surface area contributed by atoms with E-state index in [0.29, 0.717) is 5.69 Å². The number of nitrogens with one attached hydrogen (secondary N) is 1. The van der Waals surface area contributed by atoms with Crippen LogP contribution in [0.4, 0.5) is 10.5 Å². The first kappa shape index (κ1) is 14.6. The Morgan fingerprint density at radius 2 is 2.00 bits per heavy atom. The van der Waals surface area contributed by atoms with Gasteiger partial charge in [-0.1, -0.05) is 24.1 Å². The molecule has 1 fully saturated rings. The van der Waals surface area contributed by atoms with Crippen molar-refractivity contribution in [1.82, 2.24) is 10.2 Å². The van der Waals surface area contributed by atoms with Crippen LogP contribution in [0.25, 0.3) is 0 Å². The highest BCUT2D eigenvalue weighted by Gasteiger charge is 2.43. The number of amides is 4. The molecule has 0 spiro atoms. The van der Waals surface area contributed by atoms with Crippen molar-refractivity contribution >= 4 is 23.5 Å². The van der Waals surface area contributed by atoms with Crippen molar-refractivity contribution in [3.63, 3.8) is 0 Å². The van der Waals surface area contributed by atoms with E-state index in [0.717, 1.165) is 4.90 Å². The largest absolute Gasteiger partial charge is 0.344 e. The fraction of sp³-hybridized carbons (Fsp3) is 0.267. The number of benzene rings is 1. The van der Waals surface area contributed by atoms with Crippen molar-refractivity contribution in [1.29, 1.82) is 0 Å². The molecule has 0 bridgehead atoms. The smallest absolute Gasteiger partial charge is 0.332 e. The molecule has 4 amide bonds. The molecular formula is C15H15N3O3. The van der Waals surface area contributed by atoms with Crippen molar-refractivity contribution in [3.8, 4) is 12.3 Å². The van der Waals surface area contributed by atoms with Gasteiger partial charge < -0.3 is 5.32 Å². The molecule has 0 saturated carbocycles. The van der Waals surface area contributed by atoms with E-state index in [1.165, 1.54) is 4.90 Å². The number of anilines is 1. The summed E-state index contributed by atoms with van der Waals surface area (Å²) < 4.78 is 0. The Hall–Kier alpha value is -2.81. The van der Waals surface area contributed by atoms with Gasteiger partial charge >= 0.3 is 6.03 Å². The van der Waals surface area contributed by atoms with E-state index in [1.54, 1.807) is 31.2 Å². The molecule has 0 aliphatic carbocycles. The van der Waals surface area contributed by atoms with Gasteiger partial charge in [0, 0.05) is 5.69 Å². The molecular weight excluding hydrogens is 270 g/mol. The molecule has 1 aliphatic rings. The molecule has 6 heteroatoms. The second kappa shape index (κ2) is 6.09. The van der Waals surface area contributed by atoms with Gasteiger partial charge in [-0.15, -0.1) is 6.42 Å². The molecule has 1 saturated heterocycles. The molecule has 6 nitrogen and oxygen atoms in total. The summed E-state index contributed by atoms with van der Waals surface area (Å²) in [5.74, 6) is 1.39. The van der Waals surface area contributed by atoms with Gasteiger partial charge in [0.1, 0.15) is 12.6 Å². The number of rotatable bonds is 4. The summed E-state index contributed by atoms with van der Waals surface area (Å²) in [6, 6.07) is 7.72. The van der Waals surface area contributed by atoms with Crippen LogP contribution in [0.15, 0.2) is 30.3 Å². The molecule has 1 aliphatic heterocycles. The second-order valence-corrected chi connectivity index (χ2v) is 4.57. The van der Waals surface area contributed by atoms with Crippen LogP contribution >= 0.6 is 0 Å². The maximum atomic E-state index is 12.3. The molecule has 1 aromatic carbocycles. The lowest BCUT2D eigenvalue weighted by Gasteiger charge is -2.19. The van der Waals surface area contributed by atoms with Crippen LogP contribution in [0, 0.1) is 12.3 Å². The normalized spacial score (nSPS) is 17.8. The zero-order valence-electron chi connectivity index (χ0n) is 11.6. The van der Waals surface area contributed by atoms with Crippen LogP contribution in [0.1, 0.15) is 6.92 Å². The Morgan fingerprint density at radius 1 is 1.33 bits per heavy atom. The number of hydrogen-bond donors (Lipinski definition) is 1. The summed E-state index contributed by atoms with van der Waals surface area (Å²) in [7, 11) is 0.